The van der Waals surface area contributed by atoms with Gasteiger partial charge in [0.2, 0.25) is 0 Å². The Balaban J connectivity index is 1.33. The summed E-state index contributed by atoms with van der Waals surface area (Å²) in [6.45, 7) is 0. The van der Waals surface area contributed by atoms with Crippen molar-refractivity contribution in [3.8, 4) is 45.0 Å². The summed E-state index contributed by atoms with van der Waals surface area (Å²) in [5.74, 6) is 0.688. The quantitative estimate of drug-likeness (QED) is 0.166. The SMILES string of the molecule is c1ccc(-c2cc(-c3ccccc3)nc(-c3cccc(-c4cc5nc6ccccc6nc5c5ccccc45)c3)n2)cc1. The van der Waals surface area contributed by atoms with Crippen LogP contribution in [0.15, 0.2) is 146 Å². The molecular formula is C38H24N4. The molecule has 0 aliphatic heterocycles. The van der Waals surface area contributed by atoms with Crippen molar-refractivity contribution >= 4 is 32.8 Å². The van der Waals surface area contributed by atoms with Crippen LogP contribution < -0.4 is 0 Å². The van der Waals surface area contributed by atoms with E-state index in [0.717, 1.165) is 72.0 Å². The highest BCUT2D eigenvalue weighted by Gasteiger charge is 2.14. The molecule has 0 N–H and O–H groups in total. The Morgan fingerprint density at radius 2 is 0.881 bits per heavy atom. The Bertz CT molecular complexity index is 2190. The molecule has 196 valence electrons. The number of aromatic nitrogens is 4. The van der Waals surface area contributed by atoms with Crippen LogP contribution in [0.25, 0.3) is 77.9 Å². The van der Waals surface area contributed by atoms with Crippen LogP contribution in [-0.2, 0) is 0 Å². The van der Waals surface area contributed by atoms with Crippen LogP contribution in [-0.4, -0.2) is 19.9 Å². The van der Waals surface area contributed by atoms with E-state index in [1.54, 1.807) is 0 Å². The zero-order valence-corrected chi connectivity index (χ0v) is 22.6. The molecule has 0 radical (unpaired) electrons. The van der Waals surface area contributed by atoms with Gasteiger partial charge in [0.25, 0.3) is 0 Å². The minimum Gasteiger partial charge on any atom is -0.244 e. The predicted octanol–water partition coefficient (Wildman–Crippen LogP) is 9.39. The minimum absolute atomic E-state index is 0.688. The van der Waals surface area contributed by atoms with E-state index < -0.39 is 0 Å². The molecule has 6 aromatic carbocycles. The maximum absolute atomic E-state index is 5.05. The van der Waals surface area contributed by atoms with Gasteiger partial charge in [0.15, 0.2) is 5.82 Å². The van der Waals surface area contributed by atoms with Crippen molar-refractivity contribution in [2.75, 3.05) is 0 Å². The molecule has 0 unspecified atom stereocenters. The zero-order chi connectivity index (χ0) is 27.9. The largest absolute Gasteiger partial charge is 0.244 e. The highest BCUT2D eigenvalue weighted by Crippen LogP contribution is 2.36. The number of rotatable bonds is 4. The van der Waals surface area contributed by atoms with Crippen molar-refractivity contribution in [3.05, 3.63) is 146 Å². The first kappa shape index (κ1) is 24.1. The maximum Gasteiger partial charge on any atom is 0.160 e. The Kier molecular flexibility index (Phi) is 5.75. The van der Waals surface area contributed by atoms with Crippen LogP contribution in [0.3, 0.4) is 0 Å². The standard InChI is InChI=1S/C38H24N4/c1-3-12-25(13-4-1)34-24-35(26-14-5-2-6-15-26)42-38(41-34)28-17-11-16-27(22-28)31-23-36-37(30-19-8-7-18-29(30)31)40-33-21-10-9-20-32(33)39-36/h1-24H. The molecule has 2 aromatic heterocycles. The van der Waals surface area contributed by atoms with Crippen molar-refractivity contribution in [1.82, 2.24) is 19.9 Å². The molecule has 4 nitrogen and oxygen atoms in total. The van der Waals surface area contributed by atoms with Gasteiger partial charge in [-0.2, -0.15) is 0 Å². The molecule has 0 aliphatic carbocycles. The van der Waals surface area contributed by atoms with Gasteiger partial charge in [0.1, 0.15) is 0 Å². The van der Waals surface area contributed by atoms with E-state index in [9.17, 15) is 0 Å². The van der Waals surface area contributed by atoms with Gasteiger partial charge in [-0.05, 0) is 46.8 Å². The summed E-state index contributed by atoms with van der Waals surface area (Å²) in [6.07, 6.45) is 0. The average Bonchev–Trinajstić information content (AvgIpc) is 3.08. The smallest absolute Gasteiger partial charge is 0.160 e. The summed E-state index contributed by atoms with van der Waals surface area (Å²) in [7, 11) is 0. The second kappa shape index (κ2) is 10.0. The highest BCUT2D eigenvalue weighted by atomic mass is 14.9. The average molecular weight is 537 g/mol. The Morgan fingerprint density at radius 1 is 0.333 bits per heavy atom. The van der Waals surface area contributed by atoms with Gasteiger partial charge in [-0.25, -0.2) is 19.9 Å². The molecule has 0 saturated heterocycles. The van der Waals surface area contributed by atoms with Crippen molar-refractivity contribution in [3.63, 3.8) is 0 Å². The zero-order valence-electron chi connectivity index (χ0n) is 22.6. The summed E-state index contributed by atoms with van der Waals surface area (Å²) >= 11 is 0. The number of hydrogen-bond donors (Lipinski definition) is 0. The Morgan fingerprint density at radius 3 is 1.57 bits per heavy atom. The van der Waals surface area contributed by atoms with Crippen molar-refractivity contribution < 1.29 is 0 Å². The van der Waals surface area contributed by atoms with Gasteiger partial charge >= 0.3 is 0 Å². The topological polar surface area (TPSA) is 51.6 Å². The van der Waals surface area contributed by atoms with E-state index in [1.807, 2.05) is 60.7 Å². The maximum atomic E-state index is 5.05. The molecule has 0 aliphatic rings. The van der Waals surface area contributed by atoms with E-state index in [2.05, 4.69) is 84.9 Å². The van der Waals surface area contributed by atoms with Crippen molar-refractivity contribution in [2.45, 2.75) is 0 Å². The summed E-state index contributed by atoms with van der Waals surface area (Å²) in [5.41, 5.74) is 10.6. The fraction of sp³-hybridized carbons (Fsp3) is 0. The van der Waals surface area contributed by atoms with Crippen LogP contribution in [0.1, 0.15) is 0 Å². The van der Waals surface area contributed by atoms with E-state index in [-0.39, 0.29) is 0 Å². The molecule has 42 heavy (non-hydrogen) atoms. The van der Waals surface area contributed by atoms with E-state index in [0.29, 0.717) is 5.82 Å². The van der Waals surface area contributed by atoms with Gasteiger partial charge in [-0.15, -0.1) is 0 Å². The lowest BCUT2D eigenvalue weighted by atomic mass is 9.95. The predicted molar refractivity (Wildman–Crippen MR) is 172 cm³/mol. The van der Waals surface area contributed by atoms with E-state index in [1.165, 1.54) is 0 Å². The van der Waals surface area contributed by atoms with Crippen molar-refractivity contribution in [2.24, 2.45) is 0 Å². The third-order valence-corrected chi connectivity index (χ3v) is 7.65. The summed E-state index contributed by atoms with van der Waals surface area (Å²) in [4.78, 5) is 20.1. The molecule has 4 heteroatoms. The van der Waals surface area contributed by atoms with Crippen LogP contribution in [0, 0.1) is 0 Å². The number of fused-ring (bicyclic) bond motifs is 4. The highest BCUT2D eigenvalue weighted by molar-refractivity contribution is 6.12. The lowest BCUT2D eigenvalue weighted by molar-refractivity contribution is 1.18. The molecule has 8 aromatic rings. The third kappa shape index (κ3) is 4.27. The number of benzene rings is 6. The van der Waals surface area contributed by atoms with Crippen LogP contribution in [0.2, 0.25) is 0 Å². The number of para-hydroxylation sites is 2. The first-order chi connectivity index (χ1) is 20.8. The fourth-order valence-corrected chi connectivity index (χ4v) is 5.61. The van der Waals surface area contributed by atoms with Gasteiger partial charge in [-0.1, -0.05) is 115 Å². The number of hydrogen-bond acceptors (Lipinski definition) is 4. The Labute approximate surface area is 243 Å². The third-order valence-electron chi connectivity index (χ3n) is 7.65. The van der Waals surface area contributed by atoms with Crippen molar-refractivity contribution in [1.29, 1.82) is 0 Å². The normalized spacial score (nSPS) is 11.3. The first-order valence-electron chi connectivity index (χ1n) is 14.0. The van der Waals surface area contributed by atoms with Gasteiger partial charge < -0.3 is 0 Å². The molecule has 0 fully saturated rings. The lowest BCUT2D eigenvalue weighted by Crippen LogP contribution is -1.96. The van der Waals surface area contributed by atoms with Gasteiger partial charge in [-0.3, -0.25) is 0 Å². The molecule has 0 spiro atoms. The molecule has 0 bridgehead atoms. The molecular weight excluding hydrogens is 512 g/mol. The summed E-state index contributed by atoms with van der Waals surface area (Å²) in [5, 5.41) is 2.22. The lowest BCUT2D eigenvalue weighted by Gasteiger charge is -2.13. The molecule has 0 saturated carbocycles. The van der Waals surface area contributed by atoms with Crippen LogP contribution in [0.4, 0.5) is 0 Å². The first-order valence-corrected chi connectivity index (χ1v) is 14.0. The number of nitrogens with zero attached hydrogens (tertiary/aromatic N) is 4. The van der Waals surface area contributed by atoms with E-state index in [4.69, 9.17) is 19.9 Å². The van der Waals surface area contributed by atoms with Crippen LogP contribution >= 0.6 is 0 Å². The summed E-state index contributed by atoms with van der Waals surface area (Å²) in [6, 6.07) is 49.7. The molecule has 8 rings (SSSR count). The Hall–Kier alpha value is -5.74. The van der Waals surface area contributed by atoms with Gasteiger partial charge in [0.05, 0.1) is 33.5 Å². The van der Waals surface area contributed by atoms with Crippen LogP contribution in [0.5, 0.6) is 0 Å². The van der Waals surface area contributed by atoms with Gasteiger partial charge in [0, 0.05) is 22.1 Å². The molecule has 0 amide bonds. The second-order valence-electron chi connectivity index (χ2n) is 10.3. The second-order valence-corrected chi connectivity index (χ2v) is 10.3. The monoisotopic (exact) mass is 536 g/mol. The van der Waals surface area contributed by atoms with E-state index >= 15 is 0 Å². The molecule has 2 heterocycles. The summed E-state index contributed by atoms with van der Waals surface area (Å²) < 4.78 is 0. The molecule has 0 atom stereocenters. The fourth-order valence-electron chi connectivity index (χ4n) is 5.61. The minimum atomic E-state index is 0.688.